The van der Waals surface area contributed by atoms with Crippen LogP contribution in [0.25, 0.3) is 0 Å². The van der Waals surface area contributed by atoms with Gasteiger partial charge in [-0.05, 0) is 37.4 Å². The van der Waals surface area contributed by atoms with Crippen molar-refractivity contribution in [3.63, 3.8) is 0 Å². The third-order valence-corrected chi connectivity index (χ3v) is 4.04. The molecule has 0 bridgehead atoms. The van der Waals surface area contributed by atoms with E-state index in [1.54, 1.807) is 0 Å². The van der Waals surface area contributed by atoms with Crippen molar-refractivity contribution in [3.05, 3.63) is 53.6 Å². The maximum Gasteiger partial charge on any atom is 0.211 e. The first-order valence-corrected chi connectivity index (χ1v) is 7.53. The SMILES string of the molecule is CN(C)CCN1c2ccccc2Cc2cccc(NC=O)c21.Cl.Cl. The number of nitrogens with one attached hydrogen (secondary N) is 1. The van der Waals surface area contributed by atoms with E-state index in [0.29, 0.717) is 0 Å². The van der Waals surface area contributed by atoms with E-state index in [2.05, 4.69) is 59.5 Å². The number of hydrogen-bond acceptors (Lipinski definition) is 3. The van der Waals surface area contributed by atoms with Gasteiger partial charge in [0.1, 0.15) is 0 Å². The lowest BCUT2D eigenvalue weighted by Crippen LogP contribution is -2.31. The Bertz CT molecular complexity index is 692. The monoisotopic (exact) mass is 367 g/mol. The molecule has 130 valence electrons. The van der Waals surface area contributed by atoms with Crippen molar-refractivity contribution >= 4 is 48.3 Å². The molecule has 1 aliphatic heterocycles. The van der Waals surface area contributed by atoms with E-state index in [9.17, 15) is 4.79 Å². The van der Waals surface area contributed by atoms with Crippen LogP contribution in [0.2, 0.25) is 0 Å². The van der Waals surface area contributed by atoms with Crippen LogP contribution in [-0.4, -0.2) is 38.5 Å². The summed E-state index contributed by atoms with van der Waals surface area (Å²) in [6.07, 6.45) is 1.65. The second-order valence-corrected chi connectivity index (χ2v) is 5.84. The highest BCUT2D eigenvalue weighted by Crippen LogP contribution is 2.42. The Kier molecular flexibility index (Phi) is 7.55. The zero-order valence-electron chi connectivity index (χ0n) is 13.9. The number of nitrogens with zero attached hydrogens (tertiary/aromatic N) is 2. The van der Waals surface area contributed by atoms with E-state index in [1.807, 2.05) is 12.1 Å². The van der Waals surface area contributed by atoms with Crippen molar-refractivity contribution in [1.82, 2.24) is 4.90 Å². The average molecular weight is 368 g/mol. The normalized spacial score (nSPS) is 11.7. The molecule has 4 nitrogen and oxygen atoms in total. The van der Waals surface area contributed by atoms with E-state index in [1.165, 1.54) is 16.8 Å². The van der Waals surface area contributed by atoms with Crippen molar-refractivity contribution in [2.75, 3.05) is 37.4 Å². The van der Waals surface area contributed by atoms with Crippen LogP contribution in [0.15, 0.2) is 42.5 Å². The number of halogens is 2. The van der Waals surface area contributed by atoms with E-state index in [-0.39, 0.29) is 24.8 Å². The molecular formula is C18H23Cl2N3O. The summed E-state index contributed by atoms with van der Waals surface area (Å²) in [5, 5.41) is 2.85. The lowest BCUT2D eigenvalue weighted by Gasteiger charge is -2.35. The number of para-hydroxylation sites is 2. The van der Waals surface area contributed by atoms with Crippen LogP contribution in [-0.2, 0) is 11.2 Å². The quantitative estimate of drug-likeness (QED) is 0.818. The molecule has 2 aromatic rings. The third-order valence-electron chi connectivity index (χ3n) is 4.04. The molecule has 0 atom stereocenters. The summed E-state index contributed by atoms with van der Waals surface area (Å²) in [6.45, 7) is 1.83. The van der Waals surface area contributed by atoms with Crippen LogP contribution in [0.4, 0.5) is 17.1 Å². The maximum atomic E-state index is 10.9. The van der Waals surface area contributed by atoms with Gasteiger partial charge in [0.25, 0.3) is 0 Å². The lowest BCUT2D eigenvalue weighted by atomic mass is 9.94. The largest absolute Gasteiger partial charge is 0.338 e. The van der Waals surface area contributed by atoms with Crippen molar-refractivity contribution in [3.8, 4) is 0 Å². The third kappa shape index (κ3) is 4.01. The summed E-state index contributed by atoms with van der Waals surface area (Å²) >= 11 is 0. The minimum atomic E-state index is 0. The molecule has 0 aromatic heterocycles. The Morgan fingerprint density at radius 2 is 1.79 bits per heavy atom. The minimum absolute atomic E-state index is 0. The van der Waals surface area contributed by atoms with Gasteiger partial charge in [-0.15, -0.1) is 24.8 Å². The molecule has 1 heterocycles. The Morgan fingerprint density at radius 1 is 1.08 bits per heavy atom. The van der Waals surface area contributed by atoms with E-state index in [0.717, 1.165) is 37.3 Å². The zero-order chi connectivity index (χ0) is 15.5. The molecule has 2 aromatic carbocycles. The second kappa shape index (κ2) is 8.92. The predicted octanol–water partition coefficient (Wildman–Crippen LogP) is 3.70. The molecule has 1 N–H and O–H groups in total. The van der Waals surface area contributed by atoms with Gasteiger partial charge in [0.15, 0.2) is 0 Å². The number of amides is 1. The standard InChI is InChI=1S/C18H21N3O.2ClH/c1-20(2)10-11-21-17-9-4-3-6-14(17)12-15-7-5-8-16(18(15)21)19-13-22;;/h3-9,13H,10-12H2,1-2H3,(H,19,22);2*1H. The molecule has 1 amide bonds. The molecule has 1 aliphatic rings. The van der Waals surface area contributed by atoms with Crippen molar-refractivity contribution < 1.29 is 4.79 Å². The Labute approximate surface area is 155 Å². The van der Waals surface area contributed by atoms with Crippen LogP contribution in [0, 0.1) is 0 Å². The number of carbonyl (C=O) groups is 1. The molecular weight excluding hydrogens is 345 g/mol. The Balaban J connectivity index is 0.00000144. The fourth-order valence-electron chi connectivity index (χ4n) is 3.01. The van der Waals surface area contributed by atoms with E-state index >= 15 is 0 Å². The first-order valence-electron chi connectivity index (χ1n) is 7.53. The molecule has 0 unspecified atom stereocenters. The summed E-state index contributed by atoms with van der Waals surface area (Å²) < 4.78 is 0. The predicted molar refractivity (Wildman–Crippen MR) is 105 cm³/mol. The first kappa shape index (κ1) is 20.3. The van der Waals surface area contributed by atoms with Crippen LogP contribution in [0.5, 0.6) is 0 Å². The molecule has 0 spiro atoms. The van der Waals surface area contributed by atoms with Crippen molar-refractivity contribution in [2.45, 2.75) is 6.42 Å². The highest BCUT2D eigenvalue weighted by Gasteiger charge is 2.24. The minimum Gasteiger partial charge on any atom is -0.338 e. The second-order valence-electron chi connectivity index (χ2n) is 5.84. The number of fused-ring (bicyclic) bond motifs is 2. The molecule has 0 fully saturated rings. The smallest absolute Gasteiger partial charge is 0.211 e. The van der Waals surface area contributed by atoms with Gasteiger partial charge in [0.05, 0.1) is 11.4 Å². The van der Waals surface area contributed by atoms with Crippen molar-refractivity contribution in [1.29, 1.82) is 0 Å². The van der Waals surface area contributed by atoms with Gasteiger partial charge in [-0.2, -0.15) is 0 Å². The maximum absolute atomic E-state index is 10.9. The molecule has 0 saturated carbocycles. The topological polar surface area (TPSA) is 35.6 Å². The average Bonchev–Trinajstić information content (AvgIpc) is 2.52. The zero-order valence-corrected chi connectivity index (χ0v) is 15.5. The number of rotatable bonds is 5. The summed E-state index contributed by atoms with van der Waals surface area (Å²) in [7, 11) is 4.15. The first-order chi connectivity index (χ1) is 10.7. The van der Waals surface area contributed by atoms with Gasteiger partial charge < -0.3 is 15.1 Å². The molecule has 0 aliphatic carbocycles. The molecule has 6 heteroatoms. The van der Waals surface area contributed by atoms with E-state index < -0.39 is 0 Å². The Morgan fingerprint density at radius 3 is 2.50 bits per heavy atom. The molecule has 3 rings (SSSR count). The van der Waals surface area contributed by atoms with Gasteiger partial charge in [0.2, 0.25) is 6.41 Å². The fourth-order valence-corrected chi connectivity index (χ4v) is 3.01. The van der Waals surface area contributed by atoms with Gasteiger partial charge >= 0.3 is 0 Å². The number of anilines is 3. The summed E-state index contributed by atoms with van der Waals surface area (Å²) in [5.41, 5.74) is 5.81. The van der Waals surface area contributed by atoms with Gasteiger partial charge in [-0.3, -0.25) is 4.79 Å². The summed E-state index contributed by atoms with van der Waals surface area (Å²) in [5.74, 6) is 0. The number of likely N-dealkylation sites (N-methyl/N-ethyl adjacent to an activating group) is 1. The van der Waals surface area contributed by atoms with Crippen LogP contribution in [0.3, 0.4) is 0 Å². The Hall–Kier alpha value is -1.75. The molecule has 0 saturated heterocycles. The molecule has 0 radical (unpaired) electrons. The van der Waals surface area contributed by atoms with Crippen LogP contribution < -0.4 is 10.2 Å². The fraction of sp³-hybridized carbons (Fsp3) is 0.278. The van der Waals surface area contributed by atoms with Gasteiger partial charge in [-0.25, -0.2) is 0 Å². The summed E-state index contributed by atoms with van der Waals surface area (Å²) in [4.78, 5) is 15.4. The van der Waals surface area contributed by atoms with Crippen LogP contribution >= 0.6 is 24.8 Å². The summed E-state index contributed by atoms with van der Waals surface area (Å²) in [6, 6.07) is 14.6. The van der Waals surface area contributed by atoms with E-state index in [4.69, 9.17) is 0 Å². The van der Waals surface area contributed by atoms with Gasteiger partial charge in [-0.1, -0.05) is 30.3 Å². The van der Waals surface area contributed by atoms with Gasteiger partial charge in [0, 0.05) is 25.2 Å². The number of hydrogen-bond donors (Lipinski definition) is 1. The van der Waals surface area contributed by atoms with Crippen molar-refractivity contribution in [2.24, 2.45) is 0 Å². The lowest BCUT2D eigenvalue weighted by molar-refractivity contribution is -0.105. The number of benzene rings is 2. The molecule has 24 heavy (non-hydrogen) atoms. The highest BCUT2D eigenvalue weighted by atomic mass is 35.5. The van der Waals surface area contributed by atoms with Crippen LogP contribution in [0.1, 0.15) is 11.1 Å². The number of carbonyl (C=O) groups excluding carboxylic acids is 1. The highest BCUT2D eigenvalue weighted by molar-refractivity contribution is 5.88.